The second-order valence-corrected chi connectivity index (χ2v) is 11.3. The zero-order valence-corrected chi connectivity index (χ0v) is 20.8. The van der Waals surface area contributed by atoms with Crippen molar-refractivity contribution in [2.45, 2.75) is 36.5 Å². The molecule has 4 rings (SSSR count). The summed E-state index contributed by atoms with van der Waals surface area (Å²) in [7, 11) is -3.98. The van der Waals surface area contributed by atoms with Crippen molar-refractivity contribution in [3.8, 4) is 0 Å². The Morgan fingerprint density at radius 3 is 2.12 bits per heavy atom. The molecule has 7 heteroatoms. The van der Waals surface area contributed by atoms with Crippen molar-refractivity contribution in [3.63, 3.8) is 0 Å². The summed E-state index contributed by atoms with van der Waals surface area (Å²) in [4.78, 5) is 13.5. The molecule has 0 saturated heterocycles. The van der Waals surface area contributed by atoms with E-state index < -0.39 is 9.84 Å². The van der Waals surface area contributed by atoms with Crippen molar-refractivity contribution in [1.82, 2.24) is 0 Å². The van der Waals surface area contributed by atoms with Crippen molar-refractivity contribution in [2.24, 2.45) is 0 Å². The zero-order valence-electron chi connectivity index (χ0n) is 19.2. The molecule has 3 N–H and O–H groups in total. The number of nitrogens with one attached hydrogen (secondary N) is 1. The molecule has 0 atom stereocenters. The van der Waals surface area contributed by atoms with Gasteiger partial charge in [0, 0.05) is 11.3 Å². The minimum Gasteiger partial charge on any atom is -0.396 e. The van der Waals surface area contributed by atoms with Gasteiger partial charge in [-0.1, -0.05) is 74.0 Å². The molecule has 0 radical (unpaired) electrons. The number of carbonyl (C=O) groups excluding carboxylic acids is 1. The van der Waals surface area contributed by atoms with Crippen LogP contribution in [0.4, 0.5) is 16.4 Å². The molecule has 1 heterocycles. The first-order valence-electron chi connectivity index (χ1n) is 10.9. The van der Waals surface area contributed by atoms with E-state index in [1.807, 2.05) is 37.3 Å². The standard InChI is InChI=1S/C27H26N2O3S2/c1-17(2)19-11-13-21(14-12-19)29-27-26(34(31,32)22-15-9-18(3)10-16-22)23(28)25(33-27)24(30)20-7-5-4-6-8-20/h4-17,29H,28H2,1-3H3. The van der Waals surface area contributed by atoms with Crippen LogP contribution >= 0.6 is 11.3 Å². The molecule has 0 unspecified atom stereocenters. The second kappa shape index (κ2) is 9.44. The van der Waals surface area contributed by atoms with Crippen LogP contribution in [0.2, 0.25) is 0 Å². The highest BCUT2D eigenvalue weighted by atomic mass is 32.2. The number of sulfone groups is 1. The minimum absolute atomic E-state index is 0.0410. The lowest BCUT2D eigenvalue weighted by molar-refractivity contribution is 0.104. The van der Waals surface area contributed by atoms with Crippen molar-refractivity contribution in [2.75, 3.05) is 11.1 Å². The van der Waals surface area contributed by atoms with Gasteiger partial charge >= 0.3 is 0 Å². The van der Waals surface area contributed by atoms with Crippen LogP contribution in [0.15, 0.2) is 88.7 Å². The molecule has 0 aliphatic rings. The first kappa shape index (κ1) is 23.7. The number of anilines is 3. The predicted octanol–water partition coefficient (Wildman–Crippen LogP) is 6.57. The van der Waals surface area contributed by atoms with Gasteiger partial charge in [-0.05, 0) is 42.7 Å². The summed E-state index contributed by atoms with van der Waals surface area (Å²) in [5, 5.41) is 3.52. The molecule has 3 aromatic carbocycles. The molecule has 4 aromatic rings. The number of carbonyl (C=O) groups is 1. The number of nitrogens with two attached hydrogens (primary N) is 1. The van der Waals surface area contributed by atoms with Crippen LogP contribution in [0, 0.1) is 6.92 Å². The summed E-state index contributed by atoms with van der Waals surface area (Å²) < 4.78 is 27.3. The van der Waals surface area contributed by atoms with Crippen LogP contribution < -0.4 is 11.1 Å². The van der Waals surface area contributed by atoms with Gasteiger partial charge in [0.2, 0.25) is 15.6 Å². The maximum absolute atomic E-state index is 13.7. The Balaban J connectivity index is 1.84. The molecule has 0 fully saturated rings. The van der Waals surface area contributed by atoms with Crippen LogP contribution in [0.1, 0.15) is 46.1 Å². The third kappa shape index (κ3) is 4.62. The Kier molecular flexibility index (Phi) is 6.59. The summed E-state index contributed by atoms with van der Waals surface area (Å²) in [6, 6.07) is 23.1. The van der Waals surface area contributed by atoms with E-state index in [1.54, 1.807) is 48.5 Å². The van der Waals surface area contributed by atoms with Gasteiger partial charge in [-0.2, -0.15) is 0 Å². The fraction of sp³-hybridized carbons (Fsp3) is 0.148. The lowest BCUT2D eigenvalue weighted by Crippen LogP contribution is -2.08. The number of nitrogen functional groups attached to an aromatic ring is 1. The summed E-state index contributed by atoms with van der Waals surface area (Å²) in [5.41, 5.74) is 9.62. The van der Waals surface area contributed by atoms with Crippen LogP contribution in [0.3, 0.4) is 0 Å². The average molecular weight is 491 g/mol. The molecule has 0 spiro atoms. The van der Waals surface area contributed by atoms with E-state index >= 15 is 0 Å². The van der Waals surface area contributed by atoms with Gasteiger partial charge < -0.3 is 11.1 Å². The van der Waals surface area contributed by atoms with Crippen molar-refractivity contribution in [3.05, 3.63) is 100 Å². The van der Waals surface area contributed by atoms with E-state index in [9.17, 15) is 13.2 Å². The molecular weight excluding hydrogens is 464 g/mol. The van der Waals surface area contributed by atoms with E-state index in [-0.39, 0.29) is 26.1 Å². The fourth-order valence-electron chi connectivity index (χ4n) is 3.58. The molecule has 34 heavy (non-hydrogen) atoms. The van der Waals surface area contributed by atoms with Crippen LogP contribution in [-0.4, -0.2) is 14.2 Å². The first-order chi connectivity index (χ1) is 16.2. The van der Waals surface area contributed by atoms with Gasteiger partial charge in [0.15, 0.2) is 0 Å². The summed E-state index contributed by atoms with van der Waals surface area (Å²) >= 11 is 1.05. The number of aryl methyl sites for hydroxylation is 1. The molecule has 0 aliphatic heterocycles. The van der Waals surface area contributed by atoms with Crippen LogP contribution in [0.5, 0.6) is 0 Å². The normalized spacial score (nSPS) is 11.5. The third-order valence-electron chi connectivity index (χ3n) is 5.58. The number of hydrogen-bond acceptors (Lipinski definition) is 6. The summed E-state index contributed by atoms with van der Waals surface area (Å²) in [6.45, 7) is 6.10. The lowest BCUT2D eigenvalue weighted by Gasteiger charge is -2.11. The molecule has 0 aliphatic carbocycles. The van der Waals surface area contributed by atoms with Gasteiger partial charge in [0.05, 0.1) is 10.6 Å². The Labute approximate surface area is 204 Å². The molecular formula is C27H26N2O3S2. The number of rotatable bonds is 7. The Bertz CT molecular complexity index is 1420. The van der Waals surface area contributed by atoms with Crippen molar-refractivity contribution < 1.29 is 13.2 Å². The van der Waals surface area contributed by atoms with Gasteiger partial charge in [-0.3, -0.25) is 4.79 Å². The van der Waals surface area contributed by atoms with E-state index in [0.29, 0.717) is 22.2 Å². The van der Waals surface area contributed by atoms with E-state index in [2.05, 4.69) is 19.2 Å². The smallest absolute Gasteiger partial charge is 0.211 e. The van der Waals surface area contributed by atoms with Gasteiger partial charge in [-0.25, -0.2) is 8.42 Å². The van der Waals surface area contributed by atoms with Crippen LogP contribution in [0.25, 0.3) is 0 Å². The largest absolute Gasteiger partial charge is 0.396 e. The highest BCUT2D eigenvalue weighted by Gasteiger charge is 2.31. The molecule has 0 saturated carbocycles. The number of ketones is 1. The quantitative estimate of drug-likeness (QED) is 0.286. The van der Waals surface area contributed by atoms with Crippen molar-refractivity contribution >= 4 is 43.3 Å². The molecule has 174 valence electrons. The summed E-state index contributed by atoms with van der Waals surface area (Å²) in [5.74, 6) is 0.0608. The molecule has 0 amide bonds. The minimum atomic E-state index is -3.98. The Morgan fingerprint density at radius 2 is 1.53 bits per heavy atom. The zero-order chi connectivity index (χ0) is 24.5. The number of benzene rings is 3. The van der Waals surface area contributed by atoms with E-state index in [0.717, 1.165) is 16.9 Å². The third-order valence-corrected chi connectivity index (χ3v) is 8.68. The first-order valence-corrected chi connectivity index (χ1v) is 13.2. The SMILES string of the molecule is Cc1ccc(S(=O)(=O)c2c(Nc3ccc(C(C)C)cc3)sc(C(=O)c3ccccc3)c2N)cc1. The highest BCUT2D eigenvalue weighted by Crippen LogP contribution is 2.44. The topological polar surface area (TPSA) is 89.3 Å². The molecule has 5 nitrogen and oxygen atoms in total. The highest BCUT2D eigenvalue weighted by molar-refractivity contribution is 7.92. The number of hydrogen-bond donors (Lipinski definition) is 2. The van der Waals surface area contributed by atoms with E-state index in [1.165, 1.54) is 5.56 Å². The van der Waals surface area contributed by atoms with Gasteiger partial charge in [-0.15, -0.1) is 11.3 Å². The van der Waals surface area contributed by atoms with Crippen molar-refractivity contribution in [1.29, 1.82) is 0 Å². The van der Waals surface area contributed by atoms with E-state index in [4.69, 9.17) is 5.73 Å². The molecule has 1 aromatic heterocycles. The molecule has 0 bridgehead atoms. The maximum Gasteiger partial charge on any atom is 0.211 e. The maximum atomic E-state index is 13.7. The Morgan fingerprint density at radius 1 is 0.912 bits per heavy atom. The fourth-order valence-corrected chi connectivity index (χ4v) is 6.52. The predicted molar refractivity (Wildman–Crippen MR) is 139 cm³/mol. The lowest BCUT2D eigenvalue weighted by atomic mass is 10.0. The monoisotopic (exact) mass is 490 g/mol. The van der Waals surface area contributed by atoms with Gasteiger partial charge in [0.1, 0.15) is 14.8 Å². The average Bonchev–Trinajstić information content (AvgIpc) is 3.16. The summed E-state index contributed by atoms with van der Waals surface area (Å²) in [6.07, 6.45) is 0. The van der Waals surface area contributed by atoms with Crippen LogP contribution in [-0.2, 0) is 9.84 Å². The van der Waals surface area contributed by atoms with Gasteiger partial charge in [0.25, 0.3) is 0 Å². The number of thiophene rings is 1. The Hall–Kier alpha value is -3.42. The second-order valence-electron chi connectivity index (χ2n) is 8.42.